The van der Waals surface area contributed by atoms with E-state index in [9.17, 15) is 14.0 Å². The molecule has 1 aliphatic rings. The first-order valence-electron chi connectivity index (χ1n) is 9.01. The van der Waals surface area contributed by atoms with E-state index in [-0.39, 0.29) is 17.0 Å². The molecule has 0 amide bonds. The zero-order chi connectivity index (χ0) is 19.8. The Labute approximate surface area is 169 Å². The van der Waals surface area contributed by atoms with Crippen LogP contribution in [-0.4, -0.2) is 28.4 Å². The van der Waals surface area contributed by atoms with E-state index in [0.29, 0.717) is 21.3 Å². The maximum absolute atomic E-state index is 14.5. The van der Waals surface area contributed by atoms with E-state index in [1.165, 1.54) is 34.0 Å². The van der Waals surface area contributed by atoms with Gasteiger partial charge in [0, 0.05) is 4.88 Å². The van der Waals surface area contributed by atoms with Crippen molar-refractivity contribution in [3.63, 3.8) is 0 Å². The summed E-state index contributed by atoms with van der Waals surface area (Å²) >= 11 is 2.61. The molecule has 5 nitrogen and oxygen atoms in total. The Balaban J connectivity index is 1.95. The third kappa shape index (κ3) is 3.35. The van der Waals surface area contributed by atoms with Gasteiger partial charge in [0.1, 0.15) is 10.6 Å². The predicted molar refractivity (Wildman–Crippen MR) is 109 cm³/mol. The number of esters is 1. The highest BCUT2D eigenvalue weighted by atomic mass is 32.2. The highest BCUT2D eigenvalue weighted by Crippen LogP contribution is 2.37. The monoisotopic (exact) mass is 418 g/mol. The zero-order valence-corrected chi connectivity index (χ0v) is 17.2. The maximum Gasteiger partial charge on any atom is 0.316 e. The number of para-hydroxylation sites is 1. The Bertz CT molecular complexity index is 1120. The topological polar surface area (TPSA) is 61.2 Å². The van der Waals surface area contributed by atoms with Gasteiger partial charge in [0.2, 0.25) is 0 Å². The van der Waals surface area contributed by atoms with Crippen LogP contribution in [0.15, 0.2) is 34.2 Å². The normalized spacial score (nSPS) is 16.2. The number of ether oxygens (including phenoxy) is 1. The lowest BCUT2D eigenvalue weighted by atomic mass is 9.89. The third-order valence-electron chi connectivity index (χ3n) is 4.94. The molecule has 0 radical (unpaired) electrons. The van der Waals surface area contributed by atoms with Gasteiger partial charge in [-0.2, -0.15) is 0 Å². The molecule has 2 heterocycles. The summed E-state index contributed by atoms with van der Waals surface area (Å²) in [5.74, 6) is -0.380. The van der Waals surface area contributed by atoms with Crippen molar-refractivity contribution in [3.8, 4) is 5.69 Å². The van der Waals surface area contributed by atoms with Crippen molar-refractivity contribution in [2.24, 2.45) is 5.92 Å². The van der Waals surface area contributed by atoms with Gasteiger partial charge >= 0.3 is 5.97 Å². The molecule has 1 aromatic carbocycles. The highest BCUT2D eigenvalue weighted by Gasteiger charge is 2.26. The largest absolute Gasteiger partial charge is 0.468 e. The summed E-state index contributed by atoms with van der Waals surface area (Å²) in [5, 5.41) is 0.872. The number of aryl methyl sites for hydroxylation is 1. The Kier molecular flexibility index (Phi) is 5.25. The molecule has 28 heavy (non-hydrogen) atoms. The van der Waals surface area contributed by atoms with E-state index in [1.54, 1.807) is 18.2 Å². The van der Waals surface area contributed by atoms with Crippen LogP contribution >= 0.6 is 23.1 Å². The molecule has 3 aromatic rings. The molecule has 0 saturated heterocycles. The SMILES string of the molecule is COC(=O)CSc1nc2sc3c(c2c(=O)n1-c1ccccc1F)CCC(C)C3. The van der Waals surface area contributed by atoms with Crippen molar-refractivity contribution in [1.82, 2.24) is 9.55 Å². The van der Waals surface area contributed by atoms with Crippen LogP contribution in [0.5, 0.6) is 0 Å². The summed E-state index contributed by atoms with van der Waals surface area (Å²) < 4.78 is 20.5. The van der Waals surface area contributed by atoms with Crippen molar-refractivity contribution < 1.29 is 13.9 Å². The number of fused-ring (bicyclic) bond motifs is 3. The number of carbonyl (C=O) groups is 1. The predicted octanol–water partition coefficient (Wildman–Crippen LogP) is 3.98. The molecule has 1 unspecified atom stereocenters. The van der Waals surface area contributed by atoms with Gasteiger partial charge in [0.05, 0.1) is 23.9 Å². The molecule has 4 rings (SSSR count). The van der Waals surface area contributed by atoms with Crippen LogP contribution in [0.1, 0.15) is 23.8 Å². The molecule has 0 saturated carbocycles. The van der Waals surface area contributed by atoms with Crippen molar-refractivity contribution >= 4 is 39.3 Å². The summed E-state index contributed by atoms with van der Waals surface area (Å²) in [5.41, 5.74) is 0.901. The first-order chi connectivity index (χ1) is 13.5. The molecule has 8 heteroatoms. The van der Waals surface area contributed by atoms with E-state index in [2.05, 4.69) is 11.9 Å². The van der Waals surface area contributed by atoms with E-state index >= 15 is 0 Å². The van der Waals surface area contributed by atoms with Gasteiger partial charge in [0.15, 0.2) is 5.16 Å². The number of thiophene rings is 1. The fourth-order valence-electron chi connectivity index (χ4n) is 3.50. The average molecular weight is 419 g/mol. The minimum absolute atomic E-state index is 0.00891. The second-order valence-electron chi connectivity index (χ2n) is 6.88. The smallest absolute Gasteiger partial charge is 0.316 e. The molecule has 2 aromatic heterocycles. The van der Waals surface area contributed by atoms with Crippen LogP contribution in [0.4, 0.5) is 4.39 Å². The second-order valence-corrected chi connectivity index (χ2v) is 8.91. The molecule has 0 bridgehead atoms. The van der Waals surface area contributed by atoms with Crippen LogP contribution in [0, 0.1) is 11.7 Å². The maximum atomic E-state index is 14.5. The minimum atomic E-state index is -0.511. The standard InChI is InChI=1S/C20H19FN2O3S2/c1-11-7-8-12-15(9-11)28-18-17(12)19(25)23(14-6-4-3-5-13(14)21)20(22-18)27-10-16(24)26-2/h3-6,11H,7-10H2,1-2H3. The Morgan fingerprint density at radius 1 is 1.43 bits per heavy atom. The van der Waals surface area contributed by atoms with Gasteiger partial charge in [-0.25, -0.2) is 9.37 Å². The lowest BCUT2D eigenvalue weighted by Crippen LogP contribution is -2.24. The van der Waals surface area contributed by atoms with E-state index < -0.39 is 11.8 Å². The molecule has 1 aliphatic carbocycles. The molecular formula is C20H19FN2O3S2. The fourth-order valence-corrected chi connectivity index (χ4v) is 5.76. The average Bonchev–Trinajstić information content (AvgIpc) is 3.04. The molecule has 0 fully saturated rings. The fraction of sp³-hybridized carbons (Fsp3) is 0.350. The third-order valence-corrected chi connectivity index (χ3v) is 7.00. The molecule has 0 spiro atoms. The molecular weight excluding hydrogens is 399 g/mol. The van der Waals surface area contributed by atoms with Crippen LogP contribution < -0.4 is 5.56 Å². The van der Waals surface area contributed by atoms with Crippen LogP contribution in [-0.2, 0) is 22.4 Å². The van der Waals surface area contributed by atoms with Gasteiger partial charge in [-0.05, 0) is 42.9 Å². The Morgan fingerprint density at radius 2 is 2.21 bits per heavy atom. The zero-order valence-electron chi connectivity index (χ0n) is 15.5. The van der Waals surface area contributed by atoms with Gasteiger partial charge in [-0.3, -0.25) is 14.2 Å². The lowest BCUT2D eigenvalue weighted by molar-refractivity contribution is -0.137. The number of aromatic nitrogens is 2. The summed E-state index contributed by atoms with van der Waals surface area (Å²) in [6, 6.07) is 6.11. The van der Waals surface area contributed by atoms with Crippen LogP contribution in [0.3, 0.4) is 0 Å². The summed E-state index contributed by atoms with van der Waals surface area (Å²) in [7, 11) is 1.30. The number of methoxy groups -OCH3 is 1. The number of rotatable bonds is 4. The molecule has 1 atom stereocenters. The van der Waals surface area contributed by atoms with E-state index in [0.717, 1.165) is 36.6 Å². The van der Waals surface area contributed by atoms with Gasteiger partial charge in [-0.1, -0.05) is 30.8 Å². The molecule has 0 N–H and O–H groups in total. The number of halogens is 1. The number of benzene rings is 1. The summed E-state index contributed by atoms with van der Waals surface area (Å²) in [6.07, 6.45) is 2.79. The van der Waals surface area contributed by atoms with Gasteiger partial charge in [0.25, 0.3) is 5.56 Å². The second kappa shape index (κ2) is 7.67. The van der Waals surface area contributed by atoms with Crippen molar-refractivity contribution in [2.45, 2.75) is 31.3 Å². The first kappa shape index (κ1) is 19.1. The van der Waals surface area contributed by atoms with Crippen LogP contribution in [0.25, 0.3) is 15.9 Å². The Morgan fingerprint density at radius 3 is 2.96 bits per heavy atom. The van der Waals surface area contributed by atoms with Crippen LogP contribution in [0.2, 0.25) is 0 Å². The number of nitrogens with zero attached hydrogens (tertiary/aromatic N) is 2. The lowest BCUT2D eigenvalue weighted by Gasteiger charge is -2.18. The minimum Gasteiger partial charge on any atom is -0.468 e. The first-order valence-corrected chi connectivity index (χ1v) is 10.8. The molecule has 146 valence electrons. The van der Waals surface area contributed by atoms with Gasteiger partial charge in [-0.15, -0.1) is 11.3 Å². The van der Waals surface area contributed by atoms with E-state index in [4.69, 9.17) is 4.74 Å². The number of hydrogen-bond acceptors (Lipinski definition) is 6. The van der Waals surface area contributed by atoms with Gasteiger partial charge < -0.3 is 4.74 Å². The van der Waals surface area contributed by atoms with Crippen molar-refractivity contribution in [2.75, 3.05) is 12.9 Å². The number of thioether (sulfide) groups is 1. The van der Waals surface area contributed by atoms with Crippen molar-refractivity contribution in [1.29, 1.82) is 0 Å². The molecule has 0 aliphatic heterocycles. The van der Waals surface area contributed by atoms with E-state index in [1.807, 2.05) is 0 Å². The summed E-state index contributed by atoms with van der Waals surface area (Å²) in [6.45, 7) is 2.20. The summed E-state index contributed by atoms with van der Waals surface area (Å²) in [4.78, 5) is 31.6. The number of hydrogen-bond donors (Lipinski definition) is 0. The quantitative estimate of drug-likeness (QED) is 0.364. The Hall–Kier alpha value is -2.19. The number of carbonyl (C=O) groups excluding carboxylic acids is 1. The van der Waals surface area contributed by atoms with Crippen molar-refractivity contribution in [3.05, 3.63) is 50.9 Å². The highest BCUT2D eigenvalue weighted by molar-refractivity contribution is 7.99.